The van der Waals surface area contributed by atoms with Crippen LogP contribution in [0.25, 0.3) is 0 Å². The minimum atomic E-state index is -4.00. The SMILES string of the molecule is CC(CNc1ccc(C=O)cc1)S(=O)(=O)O. The van der Waals surface area contributed by atoms with Crippen molar-refractivity contribution in [1.82, 2.24) is 0 Å². The second-order valence-corrected chi connectivity index (χ2v) is 5.28. The summed E-state index contributed by atoms with van der Waals surface area (Å²) in [5, 5.41) is 1.97. The maximum Gasteiger partial charge on any atom is 0.269 e. The van der Waals surface area contributed by atoms with E-state index in [1.807, 2.05) is 0 Å². The molecule has 0 amide bonds. The van der Waals surface area contributed by atoms with Gasteiger partial charge in [0.25, 0.3) is 10.1 Å². The summed E-state index contributed by atoms with van der Waals surface area (Å²) >= 11 is 0. The van der Waals surface area contributed by atoms with Crippen molar-refractivity contribution in [1.29, 1.82) is 0 Å². The molecule has 0 aliphatic heterocycles. The lowest BCUT2D eigenvalue weighted by Crippen LogP contribution is -2.25. The van der Waals surface area contributed by atoms with Crippen molar-refractivity contribution in [2.24, 2.45) is 0 Å². The Morgan fingerprint density at radius 1 is 1.38 bits per heavy atom. The highest BCUT2D eigenvalue weighted by Gasteiger charge is 2.16. The van der Waals surface area contributed by atoms with E-state index >= 15 is 0 Å². The molecule has 1 aromatic carbocycles. The van der Waals surface area contributed by atoms with Crippen molar-refractivity contribution in [2.75, 3.05) is 11.9 Å². The van der Waals surface area contributed by atoms with Crippen LogP contribution >= 0.6 is 0 Å². The number of anilines is 1. The summed E-state index contributed by atoms with van der Waals surface area (Å²) in [6.07, 6.45) is 0.727. The maximum atomic E-state index is 10.7. The summed E-state index contributed by atoms with van der Waals surface area (Å²) in [7, 11) is -4.00. The normalized spacial score (nSPS) is 13.1. The molecule has 5 nitrogen and oxygen atoms in total. The summed E-state index contributed by atoms with van der Waals surface area (Å²) in [5.41, 5.74) is 1.24. The number of carbonyl (C=O) groups is 1. The molecule has 6 heteroatoms. The van der Waals surface area contributed by atoms with Gasteiger partial charge in [0.05, 0.1) is 0 Å². The summed E-state index contributed by atoms with van der Waals surface area (Å²) < 4.78 is 30.2. The van der Waals surface area contributed by atoms with E-state index in [1.165, 1.54) is 6.92 Å². The van der Waals surface area contributed by atoms with Crippen LogP contribution in [0.2, 0.25) is 0 Å². The average Bonchev–Trinajstić information content (AvgIpc) is 2.25. The molecule has 0 saturated carbocycles. The van der Waals surface area contributed by atoms with Gasteiger partial charge in [-0.3, -0.25) is 9.35 Å². The van der Waals surface area contributed by atoms with Crippen LogP contribution in [-0.2, 0) is 10.1 Å². The first-order valence-corrected chi connectivity index (χ1v) is 6.19. The summed E-state index contributed by atoms with van der Waals surface area (Å²) in [5.74, 6) is 0. The number of hydrogen-bond acceptors (Lipinski definition) is 4. The number of hydrogen-bond donors (Lipinski definition) is 2. The van der Waals surface area contributed by atoms with Gasteiger partial charge in [-0.25, -0.2) is 0 Å². The van der Waals surface area contributed by atoms with E-state index in [9.17, 15) is 13.2 Å². The van der Waals surface area contributed by atoms with Crippen LogP contribution in [0.4, 0.5) is 5.69 Å². The Morgan fingerprint density at radius 3 is 2.38 bits per heavy atom. The van der Waals surface area contributed by atoms with Gasteiger partial charge in [0.1, 0.15) is 11.5 Å². The van der Waals surface area contributed by atoms with E-state index in [0.717, 1.165) is 6.29 Å². The van der Waals surface area contributed by atoms with Gasteiger partial charge >= 0.3 is 0 Å². The van der Waals surface area contributed by atoms with Gasteiger partial charge in [-0.15, -0.1) is 0 Å². The molecule has 88 valence electrons. The molecule has 0 radical (unpaired) electrons. The Hall–Kier alpha value is -1.40. The number of benzene rings is 1. The van der Waals surface area contributed by atoms with Gasteiger partial charge in [0.15, 0.2) is 0 Å². The molecule has 0 heterocycles. The zero-order valence-electron chi connectivity index (χ0n) is 8.75. The van der Waals surface area contributed by atoms with Crippen molar-refractivity contribution in [3.63, 3.8) is 0 Å². The molecule has 16 heavy (non-hydrogen) atoms. The molecule has 0 aliphatic rings. The van der Waals surface area contributed by atoms with E-state index < -0.39 is 15.4 Å². The zero-order valence-corrected chi connectivity index (χ0v) is 9.57. The van der Waals surface area contributed by atoms with Crippen LogP contribution in [0, 0.1) is 0 Å². The molecule has 0 aliphatic carbocycles. The molecule has 1 aromatic rings. The molecule has 0 saturated heterocycles. The Morgan fingerprint density at radius 2 is 1.94 bits per heavy atom. The number of nitrogens with one attached hydrogen (secondary N) is 1. The van der Waals surface area contributed by atoms with E-state index in [1.54, 1.807) is 24.3 Å². The predicted molar refractivity (Wildman–Crippen MR) is 61.3 cm³/mol. The van der Waals surface area contributed by atoms with E-state index in [0.29, 0.717) is 11.3 Å². The van der Waals surface area contributed by atoms with Gasteiger partial charge < -0.3 is 5.32 Å². The molecule has 0 spiro atoms. The predicted octanol–water partition coefficient (Wildman–Crippen LogP) is 1.19. The van der Waals surface area contributed by atoms with Gasteiger partial charge in [-0.1, -0.05) is 0 Å². The van der Waals surface area contributed by atoms with Crippen molar-refractivity contribution in [2.45, 2.75) is 12.2 Å². The number of rotatable bonds is 5. The largest absolute Gasteiger partial charge is 0.384 e. The van der Waals surface area contributed by atoms with Crippen molar-refractivity contribution < 1.29 is 17.8 Å². The van der Waals surface area contributed by atoms with Crippen molar-refractivity contribution >= 4 is 22.1 Å². The Bertz CT molecular complexity index is 452. The Balaban J connectivity index is 2.58. The Kier molecular flexibility index (Phi) is 4.03. The topological polar surface area (TPSA) is 83.5 Å². The third-order valence-electron chi connectivity index (χ3n) is 2.15. The first kappa shape index (κ1) is 12.7. The third-order valence-corrected chi connectivity index (χ3v) is 3.33. The van der Waals surface area contributed by atoms with Crippen LogP contribution < -0.4 is 5.32 Å². The lowest BCUT2D eigenvalue weighted by atomic mass is 10.2. The van der Waals surface area contributed by atoms with Crippen LogP contribution in [-0.4, -0.2) is 31.1 Å². The molecule has 0 fully saturated rings. The number of aldehydes is 1. The lowest BCUT2D eigenvalue weighted by Gasteiger charge is -2.10. The van der Waals surface area contributed by atoms with E-state index in [2.05, 4.69) is 5.32 Å². The van der Waals surface area contributed by atoms with E-state index in [-0.39, 0.29) is 6.54 Å². The molecule has 1 unspecified atom stereocenters. The number of carbonyl (C=O) groups excluding carboxylic acids is 1. The van der Waals surface area contributed by atoms with Gasteiger partial charge in [-0.05, 0) is 31.2 Å². The van der Waals surface area contributed by atoms with Gasteiger partial charge in [0, 0.05) is 17.8 Å². The zero-order chi connectivity index (χ0) is 12.2. The van der Waals surface area contributed by atoms with Crippen LogP contribution in [0.5, 0.6) is 0 Å². The van der Waals surface area contributed by atoms with Gasteiger partial charge in [-0.2, -0.15) is 8.42 Å². The highest BCUT2D eigenvalue weighted by atomic mass is 32.2. The molecule has 1 atom stereocenters. The quantitative estimate of drug-likeness (QED) is 0.599. The van der Waals surface area contributed by atoms with Crippen LogP contribution in [0.3, 0.4) is 0 Å². The van der Waals surface area contributed by atoms with E-state index in [4.69, 9.17) is 4.55 Å². The maximum absolute atomic E-state index is 10.7. The fraction of sp³-hybridized carbons (Fsp3) is 0.300. The first-order valence-electron chi connectivity index (χ1n) is 4.69. The Labute approximate surface area is 94.2 Å². The highest BCUT2D eigenvalue weighted by Crippen LogP contribution is 2.09. The minimum absolute atomic E-state index is 0.110. The average molecular weight is 243 g/mol. The second kappa shape index (κ2) is 5.09. The fourth-order valence-electron chi connectivity index (χ4n) is 1.05. The molecule has 0 aromatic heterocycles. The standard InChI is InChI=1S/C10H13NO4S/c1-8(16(13,14)15)6-11-10-4-2-9(7-12)3-5-10/h2-5,7-8,11H,6H2,1H3,(H,13,14,15). The van der Waals surface area contributed by atoms with Crippen molar-refractivity contribution in [3.05, 3.63) is 29.8 Å². The molecular weight excluding hydrogens is 230 g/mol. The molecular formula is C10H13NO4S. The molecule has 2 N–H and O–H groups in total. The fourth-order valence-corrected chi connectivity index (χ4v) is 1.34. The van der Waals surface area contributed by atoms with Crippen LogP contribution in [0.15, 0.2) is 24.3 Å². The summed E-state index contributed by atoms with van der Waals surface area (Å²) in [4.78, 5) is 10.4. The van der Waals surface area contributed by atoms with Crippen LogP contribution in [0.1, 0.15) is 17.3 Å². The minimum Gasteiger partial charge on any atom is -0.384 e. The van der Waals surface area contributed by atoms with Gasteiger partial charge in [0.2, 0.25) is 0 Å². The smallest absolute Gasteiger partial charge is 0.269 e. The molecule has 1 rings (SSSR count). The monoisotopic (exact) mass is 243 g/mol. The van der Waals surface area contributed by atoms with Crippen molar-refractivity contribution in [3.8, 4) is 0 Å². The first-order chi connectivity index (χ1) is 7.43. The summed E-state index contributed by atoms with van der Waals surface area (Å²) in [6.45, 7) is 1.52. The summed E-state index contributed by atoms with van der Waals surface area (Å²) in [6, 6.07) is 6.57. The molecule has 0 bridgehead atoms. The lowest BCUT2D eigenvalue weighted by molar-refractivity contribution is 0.112. The highest BCUT2D eigenvalue weighted by molar-refractivity contribution is 7.86. The third kappa shape index (κ3) is 3.63. The second-order valence-electron chi connectivity index (χ2n) is 3.45.